The van der Waals surface area contributed by atoms with E-state index in [-0.39, 0.29) is 0 Å². The molecule has 0 radical (unpaired) electrons. The predicted octanol–water partition coefficient (Wildman–Crippen LogP) is 1.82. The first-order chi connectivity index (χ1) is 14.0. The lowest BCUT2D eigenvalue weighted by molar-refractivity contribution is -0.462. The lowest BCUT2D eigenvalue weighted by atomic mass is 9.96. The molecule has 0 unspecified atom stereocenters. The second kappa shape index (κ2) is 10.3. The number of nitrogens with zero attached hydrogens (tertiary/aromatic N) is 2. The van der Waals surface area contributed by atoms with Gasteiger partial charge in [-0.15, -0.1) is 0 Å². The van der Waals surface area contributed by atoms with Gasteiger partial charge in [0.25, 0.3) is 0 Å². The van der Waals surface area contributed by atoms with Crippen molar-refractivity contribution in [2.24, 2.45) is 0 Å². The van der Waals surface area contributed by atoms with Crippen LogP contribution in [0.4, 0.5) is 5.69 Å². The molecule has 0 amide bonds. The third kappa shape index (κ3) is 7.58. The van der Waals surface area contributed by atoms with Gasteiger partial charge in [0.2, 0.25) is 0 Å². The molecule has 1 aliphatic carbocycles. The Morgan fingerprint density at radius 1 is 0.867 bits per heavy atom. The fourth-order valence-corrected chi connectivity index (χ4v) is 2.87. The van der Waals surface area contributed by atoms with E-state index in [1.54, 1.807) is 0 Å². The van der Waals surface area contributed by atoms with Gasteiger partial charge in [0.15, 0.2) is 5.71 Å². The van der Waals surface area contributed by atoms with Gasteiger partial charge in [-0.25, -0.2) is 4.58 Å². The van der Waals surface area contributed by atoms with E-state index in [0.717, 1.165) is 0 Å². The lowest BCUT2D eigenvalue weighted by Crippen LogP contribution is -2.24. The summed E-state index contributed by atoms with van der Waals surface area (Å²) in [7, 11) is 2.86. The Hall–Kier alpha value is -2.76. The second-order valence-corrected chi connectivity index (χ2v) is 8.00. The molecule has 7 heteroatoms. The zero-order chi connectivity index (χ0) is 22.3. The monoisotopic (exact) mass is 424 g/mol. The molecule has 0 aromatic heterocycles. The molecule has 30 heavy (non-hydrogen) atoms. The first kappa shape index (κ1) is 23.5. The summed E-state index contributed by atoms with van der Waals surface area (Å²) in [6.07, 6.45) is 10.9. The molecule has 2 aromatic rings. The maximum atomic E-state index is 8.55. The van der Waals surface area contributed by atoms with Crippen molar-refractivity contribution >= 4 is 25.3 Å². The minimum absolute atomic E-state index is 1.21. The molecule has 0 N–H and O–H groups in total. The summed E-state index contributed by atoms with van der Waals surface area (Å²) in [5, 5.41) is 0. The van der Waals surface area contributed by atoms with Crippen LogP contribution in [0.25, 0.3) is 17.2 Å². The summed E-state index contributed by atoms with van der Waals surface area (Å²) in [5.41, 5.74) is 7.36. The van der Waals surface area contributed by atoms with Crippen molar-refractivity contribution in [1.82, 2.24) is 0 Å². The minimum Gasteiger partial charge on any atom is -0.822 e. The van der Waals surface area contributed by atoms with E-state index in [2.05, 4.69) is 117 Å². The molecule has 0 aliphatic heterocycles. The summed E-state index contributed by atoms with van der Waals surface area (Å²) in [6.45, 7) is 0. The molecule has 6 nitrogen and oxygen atoms in total. The van der Waals surface area contributed by atoms with Crippen LogP contribution in [0.2, 0.25) is 0 Å². The van der Waals surface area contributed by atoms with Crippen molar-refractivity contribution in [3.8, 4) is 11.1 Å². The van der Waals surface area contributed by atoms with Gasteiger partial charge in [-0.1, -0.05) is 36.4 Å². The van der Waals surface area contributed by atoms with Crippen LogP contribution in [-0.4, -0.2) is 38.5 Å². The first-order valence-electron chi connectivity index (χ1n) is 9.26. The van der Waals surface area contributed by atoms with Crippen LogP contribution in [0.15, 0.2) is 78.4 Å². The van der Waals surface area contributed by atoms with E-state index in [1.165, 1.54) is 33.7 Å². The van der Waals surface area contributed by atoms with Crippen LogP contribution in [-0.2, 0) is 4.57 Å². The molecular formula is C23H25N2O4P-2. The Morgan fingerprint density at radius 3 is 1.90 bits per heavy atom. The molecule has 0 bridgehead atoms. The SMILES string of the molecule is CN(C)c1ccc(-c2ccccc2C=C2C=CC(=[N+](C)C)C=C2)cc1.O=P([O-])([O-])[O-]. The number of hydrogen-bond donors (Lipinski definition) is 0. The van der Waals surface area contributed by atoms with Crippen LogP contribution >= 0.6 is 7.82 Å². The molecule has 3 rings (SSSR count). The third-order valence-electron chi connectivity index (χ3n) is 4.39. The second-order valence-electron chi connectivity index (χ2n) is 7.11. The highest BCUT2D eigenvalue weighted by Gasteiger charge is 2.07. The molecule has 0 heterocycles. The highest BCUT2D eigenvalue weighted by atomic mass is 31.2. The molecule has 0 spiro atoms. The van der Waals surface area contributed by atoms with Crippen molar-refractivity contribution in [1.29, 1.82) is 0 Å². The first-order valence-corrected chi connectivity index (χ1v) is 10.7. The summed E-state index contributed by atoms with van der Waals surface area (Å²) in [5.74, 6) is 0. The van der Waals surface area contributed by atoms with Crippen LogP contribution < -0.4 is 19.6 Å². The van der Waals surface area contributed by atoms with Crippen LogP contribution in [0.3, 0.4) is 0 Å². The van der Waals surface area contributed by atoms with Gasteiger partial charge in [0.1, 0.15) is 14.1 Å². The smallest absolute Gasteiger partial charge is 0.199 e. The normalized spacial score (nSPS) is 12.9. The van der Waals surface area contributed by atoms with Gasteiger partial charge in [-0.3, -0.25) is 0 Å². The maximum absolute atomic E-state index is 8.55. The van der Waals surface area contributed by atoms with Gasteiger partial charge in [0, 0.05) is 31.9 Å². The Labute approximate surface area is 177 Å². The Balaban J connectivity index is 0.000000575. The van der Waals surface area contributed by atoms with Gasteiger partial charge in [-0.2, -0.15) is 7.82 Å². The van der Waals surface area contributed by atoms with E-state index < -0.39 is 7.82 Å². The summed E-state index contributed by atoms with van der Waals surface area (Å²) >= 11 is 0. The van der Waals surface area contributed by atoms with Crippen molar-refractivity contribution in [3.05, 3.63) is 84.0 Å². The highest BCUT2D eigenvalue weighted by molar-refractivity contribution is 7.40. The minimum atomic E-state index is -5.39. The highest BCUT2D eigenvalue weighted by Crippen LogP contribution is 2.28. The van der Waals surface area contributed by atoms with Crippen LogP contribution in [0.1, 0.15) is 5.56 Å². The predicted molar refractivity (Wildman–Crippen MR) is 117 cm³/mol. The summed E-state index contributed by atoms with van der Waals surface area (Å²) in [4.78, 5) is 27.8. The van der Waals surface area contributed by atoms with Gasteiger partial charge >= 0.3 is 0 Å². The molecule has 2 aromatic carbocycles. The number of phosphoric acid groups is 1. The lowest BCUT2D eigenvalue weighted by Gasteiger charge is -2.36. The number of anilines is 1. The fraction of sp³-hybridized carbons (Fsp3) is 0.174. The Morgan fingerprint density at radius 2 is 1.40 bits per heavy atom. The molecule has 0 saturated carbocycles. The molecule has 0 fully saturated rings. The van der Waals surface area contributed by atoms with Crippen molar-refractivity contribution in [2.75, 3.05) is 33.1 Å². The maximum Gasteiger partial charge on any atom is 0.199 e. The number of benzene rings is 2. The van der Waals surface area contributed by atoms with Crippen LogP contribution in [0, 0.1) is 0 Å². The zero-order valence-corrected chi connectivity index (χ0v) is 18.4. The number of allylic oxidation sites excluding steroid dienone is 5. The van der Waals surface area contributed by atoms with Gasteiger partial charge in [0.05, 0.1) is 0 Å². The number of rotatable bonds is 3. The average molecular weight is 424 g/mol. The fourth-order valence-electron chi connectivity index (χ4n) is 2.87. The van der Waals surface area contributed by atoms with Crippen molar-refractivity contribution < 1.29 is 23.8 Å². The zero-order valence-electron chi connectivity index (χ0n) is 17.5. The Bertz CT molecular complexity index is 1010. The Kier molecular flexibility index (Phi) is 8.09. The van der Waals surface area contributed by atoms with E-state index >= 15 is 0 Å². The molecule has 158 valence electrons. The number of hydrogen-bond acceptors (Lipinski definition) is 5. The average Bonchev–Trinajstić information content (AvgIpc) is 2.68. The standard InChI is InChI=1S/C23H25N2.H3O4P/c1-24(2)21-13-9-18(10-14-21)17-20-7-5-6-8-23(20)19-11-15-22(16-12-19)25(3)4;1-5(2,3)4/h5-17H,1-4H3;(H3,1,2,3,4)/q+1;/p-3. The van der Waals surface area contributed by atoms with Gasteiger partial charge in [-0.05, 0) is 52.6 Å². The van der Waals surface area contributed by atoms with E-state index in [9.17, 15) is 0 Å². The van der Waals surface area contributed by atoms with E-state index in [0.29, 0.717) is 0 Å². The summed E-state index contributed by atoms with van der Waals surface area (Å²) < 4.78 is 10.7. The molecular weight excluding hydrogens is 399 g/mol. The van der Waals surface area contributed by atoms with E-state index in [4.69, 9.17) is 19.2 Å². The quantitative estimate of drug-likeness (QED) is 0.554. The molecule has 0 atom stereocenters. The summed E-state index contributed by atoms with van der Waals surface area (Å²) in [6, 6.07) is 17.3. The topological polar surface area (TPSA) is 92.5 Å². The van der Waals surface area contributed by atoms with Crippen molar-refractivity contribution in [3.63, 3.8) is 0 Å². The molecule has 0 saturated heterocycles. The van der Waals surface area contributed by atoms with Crippen LogP contribution in [0.5, 0.6) is 0 Å². The third-order valence-corrected chi connectivity index (χ3v) is 4.39. The molecule has 1 aliphatic rings. The van der Waals surface area contributed by atoms with Gasteiger partial charge < -0.3 is 24.1 Å². The largest absolute Gasteiger partial charge is 0.822 e. The van der Waals surface area contributed by atoms with Crippen molar-refractivity contribution in [2.45, 2.75) is 0 Å². The van der Waals surface area contributed by atoms with E-state index in [1.807, 2.05) is 0 Å².